The zero-order valence-corrected chi connectivity index (χ0v) is 14.7. The highest BCUT2D eigenvalue weighted by atomic mass is 16.7. The first-order chi connectivity index (χ1) is 12.4. The first-order valence-corrected chi connectivity index (χ1v) is 8.72. The third kappa shape index (κ3) is 2.75. The van der Waals surface area contributed by atoms with E-state index in [4.69, 9.17) is 9.47 Å². The number of carbonyl (C=O) groups is 3. The molecule has 1 aliphatic carbocycles. The number of rotatable bonds is 5. The number of nitrogens with one attached hydrogen (secondary N) is 2. The van der Waals surface area contributed by atoms with E-state index in [-0.39, 0.29) is 25.3 Å². The van der Waals surface area contributed by atoms with Crippen molar-refractivity contribution in [3.8, 4) is 11.5 Å². The minimum atomic E-state index is -1.25. The first kappa shape index (κ1) is 16.7. The van der Waals surface area contributed by atoms with E-state index in [1.54, 1.807) is 25.1 Å². The molecule has 0 unspecified atom stereocenters. The van der Waals surface area contributed by atoms with Gasteiger partial charge in [-0.2, -0.15) is 0 Å². The Morgan fingerprint density at radius 3 is 2.81 bits per heavy atom. The van der Waals surface area contributed by atoms with Crippen molar-refractivity contribution in [3.05, 3.63) is 23.8 Å². The van der Waals surface area contributed by atoms with Gasteiger partial charge in [-0.05, 0) is 50.3 Å². The van der Waals surface area contributed by atoms with Crippen LogP contribution in [0, 0.1) is 5.92 Å². The summed E-state index contributed by atoms with van der Waals surface area (Å²) >= 11 is 0. The van der Waals surface area contributed by atoms with Crippen LogP contribution in [0.15, 0.2) is 18.2 Å². The van der Waals surface area contributed by atoms with Crippen LogP contribution in [0.2, 0.25) is 0 Å². The fourth-order valence-electron chi connectivity index (χ4n) is 3.40. The Hall–Kier alpha value is -2.77. The van der Waals surface area contributed by atoms with Crippen molar-refractivity contribution < 1.29 is 23.9 Å². The summed E-state index contributed by atoms with van der Waals surface area (Å²) in [5.74, 6) is 0.832. The number of hydrogen-bond acceptors (Lipinski definition) is 5. The lowest BCUT2D eigenvalue weighted by atomic mass is 9.91. The maximum Gasteiger partial charge on any atom is 0.325 e. The molecule has 0 radical (unpaired) electrons. The fraction of sp³-hybridized carbons (Fsp3) is 0.500. The lowest BCUT2D eigenvalue weighted by Gasteiger charge is -2.22. The molecule has 2 atom stereocenters. The summed E-state index contributed by atoms with van der Waals surface area (Å²) in [6, 6.07) is 4.58. The molecule has 0 bridgehead atoms. The van der Waals surface area contributed by atoms with Gasteiger partial charge in [-0.3, -0.25) is 14.5 Å². The Balaban J connectivity index is 1.50. The normalized spacial score (nSPS) is 25.2. The van der Waals surface area contributed by atoms with Crippen molar-refractivity contribution in [3.63, 3.8) is 0 Å². The summed E-state index contributed by atoms with van der Waals surface area (Å²) in [6.07, 6.45) is 2.21. The molecule has 0 aromatic heterocycles. The summed E-state index contributed by atoms with van der Waals surface area (Å²) in [5.41, 5.74) is -0.671. The van der Waals surface area contributed by atoms with E-state index in [1.807, 2.05) is 6.92 Å². The van der Waals surface area contributed by atoms with Gasteiger partial charge >= 0.3 is 6.03 Å². The molecule has 1 saturated heterocycles. The van der Waals surface area contributed by atoms with Crippen LogP contribution >= 0.6 is 0 Å². The van der Waals surface area contributed by atoms with Crippen LogP contribution in [0.4, 0.5) is 4.79 Å². The van der Waals surface area contributed by atoms with Crippen LogP contribution in [0.5, 0.6) is 11.5 Å². The van der Waals surface area contributed by atoms with Crippen molar-refractivity contribution in [2.45, 2.75) is 38.3 Å². The molecule has 0 spiro atoms. The van der Waals surface area contributed by atoms with Crippen LogP contribution in [-0.4, -0.2) is 42.1 Å². The molecule has 138 valence electrons. The molecule has 1 aromatic rings. The maximum absolute atomic E-state index is 12.9. The molecule has 2 N–H and O–H groups in total. The molecule has 1 saturated carbocycles. The van der Waals surface area contributed by atoms with Gasteiger partial charge in [0.25, 0.3) is 5.91 Å². The average molecular weight is 359 g/mol. The van der Waals surface area contributed by atoms with Gasteiger partial charge in [0, 0.05) is 6.04 Å². The number of carbonyl (C=O) groups excluding carboxylic acids is 3. The quantitative estimate of drug-likeness (QED) is 0.768. The van der Waals surface area contributed by atoms with Crippen molar-refractivity contribution in [1.29, 1.82) is 0 Å². The largest absolute Gasteiger partial charge is 0.454 e. The number of fused-ring (bicyclic) bond motifs is 1. The van der Waals surface area contributed by atoms with Crippen LogP contribution in [-0.2, 0) is 15.1 Å². The lowest BCUT2D eigenvalue weighted by Crippen LogP contribution is -2.45. The van der Waals surface area contributed by atoms with Crippen LogP contribution in [0.25, 0.3) is 0 Å². The smallest absolute Gasteiger partial charge is 0.325 e. The number of amides is 4. The second-order valence-electron chi connectivity index (χ2n) is 7.21. The summed E-state index contributed by atoms with van der Waals surface area (Å²) < 4.78 is 10.6. The van der Waals surface area contributed by atoms with Gasteiger partial charge in [-0.25, -0.2) is 4.79 Å². The number of benzene rings is 1. The third-order valence-electron chi connectivity index (χ3n) is 5.24. The van der Waals surface area contributed by atoms with E-state index < -0.39 is 17.5 Å². The van der Waals surface area contributed by atoms with Crippen molar-refractivity contribution >= 4 is 17.8 Å². The molecular weight excluding hydrogens is 338 g/mol. The standard InChI is InChI=1S/C18H21N3O5/c1-10(11-3-4-11)19-15(22)8-21-16(23)18(2,20-17(21)24)12-5-6-13-14(7-12)26-9-25-13/h5-7,10-11H,3-4,8-9H2,1-2H3,(H,19,22)(H,20,24)/t10-,18+/m0/s1. The SMILES string of the molecule is C[C@H](NC(=O)CN1C(=O)N[C@](C)(c2ccc3c(c2)OCO3)C1=O)C1CC1. The zero-order chi connectivity index (χ0) is 18.5. The number of imide groups is 1. The Kier molecular flexibility index (Phi) is 3.78. The summed E-state index contributed by atoms with van der Waals surface area (Å²) in [5, 5.41) is 5.55. The average Bonchev–Trinajstić information content (AvgIpc) is 3.31. The molecule has 26 heavy (non-hydrogen) atoms. The molecule has 2 fully saturated rings. The second-order valence-corrected chi connectivity index (χ2v) is 7.21. The van der Waals surface area contributed by atoms with Gasteiger partial charge in [0.1, 0.15) is 12.1 Å². The Labute approximate surface area is 150 Å². The first-order valence-electron chi connectivity index (χ1n) is 8.72. The molecular formula is C18H21N3O5. The van der Waals surface area contributed by atoms with Crippen molar-refractivity contribution in [1.82, 2.24) is 15.5 Å². The van der Waals surface area contributed by atoms with E-state index >= 15 is 0 Å². The van der Waals surface area contributed by atoms with Gasteiger partial charge in [0.05, 0.1) is 0 Å². The van der Waals surface area contributed by atoms with Crippen molar-refractivity contribution in [2.24, 2.45) is 5.92 Å². The molecule has 4 amide bonds. The maximum atomic E-state index is 12.9. The van der Waals surface area contributed by atoms with Crippen LogP contribution in [0.1, 0.15) is 32.3 Å². The molecule has 4 rings (SSSR count). The number of urea groups is 1. The predicted octanol–water partition coefficient (Wildman–Crippen LogP) is 1.10. The highest BCUT2D eigenvalue weighted by Gasteiger charge is 2.50. The van der Waals surface area contributed by atoms with Gasteiger partial charge in [-0.15, -0.1) is 0 Å². The van der Waals surface area contributed by atoms with E-state index in [0.717, 1.165) is 17.7 Å². The molecule has 1 aromatic carbocycles. The second kappa shape index (κ2) is 5.89. The number of ether oxygens (including phenoxy) is 2. The minimum Gasteiger partial charge on any atom is -0.454 e. The van der Waals surface area contributed by atoms with E-state index in [0.29, 0.717) is 23.0 Å². The molecule has 3 aliphatic rings. The Morgan fingerprint density at radius 1 is 1.35 bits per heavy atom. The van der Waals surface area contributed by atoms with Gasteiger partial charge in [0.15, 0.2) is 11.5 Å². The molecule has 2 aliphatic heterocycles. The van der Waals surface area contributed by atoms with Crippen LogP contribution in [0.3, 0.4) is 0 Å². The van der Waals surface area contributed by atoms with E-state index in [9.17, 15) is 14.4 Å². The summed E-state index contributed by atoms with van der Waals surface area (Å²) in [6.45, 7) is 3.40. The van der Waals surface area contributed by atoms with E-state index in [1.165, 1.54) is 0 Å². The summed E-state index contributed by atoms with van der Waals surface area (Å²) in [7, 11) is 0. The van der Waals surface area contributed by atoms with Gasteiger partial charge < -0.3 is 20.1 Å². The zero-order valence-electron chi connectivity index (χ0n) is 14.7. The Bertz CT molecular complexity index is 791. The number of hydrogen-bond donors (Lipinski definition) is 2. The highest BCUT2D eigenvalue weighted by molar-refractivity contribution is 6.09. The van der Waals surface area contributed by atoms with Crippen molar-refractivity contribution in [2.75, 3.05) is 13.3 Å². The van der Waals surface area contributed by atoms with Gasteiger partial charge in [-0.1, -0.05) is 6.07 Å². The van der Waals surface area contributed by atoms with E-state index in [2.05, 4.69) is 10.6 Å². The third-order valence-corrected chi connectivity index (χ3v) is 5.24. The fourth-order valence-corrected chi connectivity index (χ4v) is 3.40. The number of nitrogens with zero attached hydrogens (tertiary/aromatic N) is 1. The molecule has 8 heteroatoms. The van der Waals surface area contributed by atoms with Gasteiger partial charge in [0.2, 0.25) is 12.7 Å². The predicted molar refractivity (Wildman–Crippen MR) is 90.5 cm³/mol. The summed E-state index contributed by atoms with van der Waals surface area (Å²) in [4.78, 5) is 38.4. The molecule has 2 heterocycles. The lowest BCUT2D eigenvalue weighted by molar-refractivity contribution is -0.135. The highest BCUT2D eigenvalue weighted by Crippen LogP contribution is 2.38. The Morgan fingerprint density at radius 2 is 2.08 bits per heavy atom. The topological polar surface area (TPSA) is 97.0 Å². The minimum absolute atomic E-state index is 0.0588. The monoisotopic (exact) mass is 359 g/mol. The van der Waals surface area contributed by atoms with Crippen LogP contribution < -0.4 is 20.1 Å². The molecule has 8 nitrogen and oxygen atoms in total.